The Morgan fingerprint density at radius 2 is 1.87 bits per heavy atom. The lowest BCUT2D eigenvalue weighted by Gasteiger charge is -2.16. The zero-order valence-corrected chi connectivity index (χ0v) is 17.8. The van der Waals surface area contributed by atoms with Crippen molar-refractivity contribution in [2.24, 2.45) is 0 Å². The van der Waals surface area contributed by atoms with Crippen molar-refractivity contribution in [3.05, 3.63) is 58.8 Å². The van der Waals surface area contributed by atoms with Crippen LogP contribution < -0.4 is 4.74 Å². The number of fused-ring (bicyclic) bond motifs is 1. The zero-order valence-electron chi connectivity index (χ0n) is 17.8. The average molecular weight is 415 g/mol. The highest BCUT2D eigenvalue weighted by molar-refractivity contribution is 5.89. The first kappa shape index (κ1) is 21.8. The summed E-state index contributed by atoms with van der Waals surface area (Å²) in [6.45, 7) is 5.83. The molecule has 6 heteroatoms. The van der Waals surface area contributed by atoms with Gasteiger partial charge >= 0.3 is 5.97 Å². The molecule has 0 aliphatic rings. The molecule has 0 bridgehead atoms. The number of benzene rings is 2. The summed E-state index contributed by atoms with van der Waals surface area (Å²) in [7, 11) is 1.43. The molecular weight excluding hydrogens is 388 g/mol. The highest BCUT2D eigenvalue weighted by atomic mass is 19.1. The molecule has 0 aliphatic heterocycles. The minimum Gasteiger partial charge on any atom is -0.494 e. The predicted molar refractivity (Wildman–Crippen MR) is 114 cm³/mol. The number of aromatic nitrogens is 1. The first-order chi connectivity index (χ1) is 14.2. The fraction of sp³-hybridized carbons (Fsp3) is 0.375. The van der Waals surface area contributed by atoms with Crippen molar-refractivity contribution in [3.63, 3.8) is 0 Å². The summed E-state index contributed by atoms with van der Waals surface area (Å²) in [5.41, 5.74) is 4.03. The van der Waals surface area contributed by atoms with E-state index in [4.69, 9.17) is 9.84 Å². The van der Waals surface area contributed by atoms with Gasteiger partial charge in [0.25, 0.3) is 0 Å². The Balaban J connectivity index is 2.25. The second-order valence-electron chi connectivity index (χ2n) is 7.89. The van der Waals surface area contributed by atoms with Gasteiger partial charge in [-0.2, -0.15) is 0 Å². The van der Waals surface area contributed by atoms with Crippen LogP contribution in [0.1, 0.15) is 55.8 Å². The number of carboxylic acid groups (broad SMARTS) is 1. The molecule has 0 spiro atoms. The van der Waals surface area contributed by atoms with Gasteiger partial charge in [0.15, 0.2) is 11.6 Å². The second kappa shape index (κ2) is 8.86. The molecule has 2 aromatic carbocycles. The molecule has 30 heavy (non-hydrogen) atoms. The summed E-state index contributed by atoms with van der Waals surface area (Å²) >= 11 is 0. The van der Waals surface area contributed by atoms with Crippen LogP contribution in [0.2, 0.25) is 0 Å². The van der Waals surface area contributed by atoms with Crippen LogP contribution in [-0.2, 0) is 11.2 Å². The SMILES string of the molecule is COc1cc2c(CCCCC(=O)O)c(C(C)C)n(-c3ccc(F)c(C)c3)c2cc1F. The molecule has 3 aromatic rings. The third-order valence-corrected chi connectivity index (χ3v) is 5.40. The van der Waals surface area contributed by atoms with Crippen molar-refractivity contribution in [2.75, 3.05) is 7.11 Å². The molecule has 3 rings (SSSR count). The van der Waals surface area contributed by atoms with Gasteiger partial charge in [-0.1, -0.05) is 13.8 Å². The van der Waals surface area contributed by atoms with Crippen LogP contribution in [0.4, 0.5) is 8.78 Å². The van der Waals surface area contributed by atoms with E-state index in [9.17, 15) is 13.6 Å². The Hall–Kier alpha value is -2.89. The number of ether oxygens (including phenoxy) is 1. The Bertz CT molecular complexity index is 1090. The molecule has 4 nitrogen and oxygen atoms in total. The van der Waals surface area contributed by atoms with Gasteiger partial charge in [0, 0.05) is 29.3 Å². The topological polar surface area (TPSA) is 51.5 Å². The van der Waals surface area contributed by atoms with E-state index in [2.05, 4.69) is 13.8 Å². The van der Waals surface area contributed by atoms with Crippen molar-refractivity contribution in [1.29, 1.82) is 0 Å². The van der Waals surface area contributed by atoms with E-state index in [1.807, 2.05) is 4.57 Å². The lowest BCUT2D eigenvalue weighted by Crippen LogP contribution is -2.05. The number of carbonyl (C=O) groups is 1. The van der Waals surface area contributed by atoms with Gasteiger partial charge < -0.3 is 14.4 Å². The fourth-order valence-electron chi connectivity index (χ4n) is 4.02. The molecule has 0 saturated carbocycles. The minimum absolute atomic E-state index is 0.116. The third-order valence-electron chi connectivity index (χ3n) is 5.40. The molecule has 0 atom stereocenters. The maximum Gasteiger partial charge on any atom is 0.303 e. The summed E-state index contributed by atoms with van der Waals surface area (Å²) in [4.78, 5) is 10.9. The smallest absolute Gasteiger partial charge is 0.303 e. The predicted octanol–water partition coefficient (Wildman–Crippen LogP) is 6.15. The number of hydrogen-bond donors (Lipinski definition) is 1. The molecule has 160 valence electrons. The molecule has 0 unspecified atom stereocenters. The molecule has 1 N–H and O–H groups in total. The zero-order chi connectivity index (χ0) is 22.0. The molecule has 0 fully saturated rings. The number of rotatable bonds is 8. The summed E-state index contributed by atoms with van der Waals surface area (Å²) in [6.07, 6.45) is 2.05. The molecule has 0 saturated heterocycles. The molecule has 0 amide bonds. The summed E-state index contributed by atoms with van der Waals surface area (Å²) < 4.78 is 35.7. The monoisotopic (exact) mass is 415 g/mol. The van der Waals surface area contributed by atoms with Crippen molar-refractivity contribution < 1.29 is 23.4 Å². The van der Waals surface area contributed by atoms with E-state index < -0.39 is 11.8 Å². The maximum absolute atomic E-state index is 14.6. The largest absolute Gasteiger partial charge is 0.494 e. The van der Waals surface area contributed by atoms with Gasteiger partial charge in [0.05, 0.1) is 12.6 Å². The molecule has 1 aromatic heterocycles. The van der Waals surface area contributed by atoms with Crippen molar-refractivity contribution >= 4 is 16.9 Å². The Morgan fingerprint density at radius 1 is 1.13 bits per heavy atom. The number of unbranched alkanes of at least 4 members (excludes halogenated alkanes) is 1. The number of carboxylic acids is 1. The standard InChI is InChI=1S/C24H27F2NO3/c1-14(2)24-17(7-5-6-8-23(28)29)18-12-22(30-4)20(26)13-21(18)27(24)16-9-10-19(25)15(3)11-16/h9-14H,5-8H2,1-4H3,(H,28,29). The second-order valence-corrected chi connectivity index (χ2v) is 7.89. The number of methoxy groups -OCH3 is 1. The number of aliphatic carboxylic acids is 1. The van der Waals surface area contributed by atoms with Gasteiger partial charge in [-0.25, -0.2) is 8.78 Å². The van der Waals surface area contributed by atoms with Gasteiger partial charge in [0.2, 0.25) is 0 Å². The first-order valence-corrected chi connectivity index (χ1v) is 10.1. The highest BCUT2D eigenvalue weighted by Gasteiger charge is 2.23. The lowest BCUT2D eigenvalue weighted by molar-refractivity contribution is -0.137. The molecule has 1 heterocycles. The molecule has 0 aliphatic carbocycles. The summed E-state index contributed by atoms with van der Waals surface area (Å²) in [6, 6.07) is 8.05. The van der Waals surface area contributed by atoms with Gasteiger partial charge in [-0.05, 0) is 67.5 Å². The van der Waals surface area contributed by atoms with E-state index >= 15 is 0 Å². The van der Waals surface area contributed by atoms with E-state index in [1.54, 1.807) is 25.1 Å². The number of hydrogen-bond acceptors (Lipinski definition) is 2. The van der Waals surface area contributed by atoms with E-state index in [-0.39, 0.29) is 23.9 Å². The summed E-state index contributed by atoms with van der Waals surface area (Å²) in [5.74, 6) is -1.28. The molecular formula is C24H27F2NO3. The van der Waals surface area contributed by atoms with E-state index in [0.29, 0.717) is 30.3 Å². The minimum atomic E-state index is -0.813. The summed E-state index contributed by atoms with van der Waals surface area (Å²) in [5, 5.41) is 9.80. The van der Waals surface area contributed by atoms with Gasteiger partial charge in [0.1, 0.15) is 5.82 Å². The third kappa shape index (κ3) is 4.18. The number of aryl methyl sites for hydroxylation is 2. The van der Waals surface area contributed by atoms with Crippen molar-refractivity contribution in [1.82, 2.24) is 4.57 Å². The fourth-order valence-corrected chi connectivity index (χ4v) is 4.02. The van der Waals surface area contributed by atoms with E-state index in [1.165, 1.54) is 19.2 Å². The quantitative estimate of drug-likeness (QED) is 0.449. The van der Waals surface area contributed by atoms with Crippen LogP contribution >= 0.6 is 0 Å². The van der Waals surface area contributed by atoms with Crippen LogP contribution in [0.3, 0.4) is 0 Å². The van der Waals surface area contributed by atoms with Crippen molar-refractivity contribution in [3.8, 4) is 11.4 Å². The maximum atomic E-state index is 14.6. The Morgan fingerprint density at radius 3 is 2.47 bits per heavy atom. The van der Waals surface area contributed by atoms with Gasteiger partial charge in [-0.15, -0.1) is 0 Å². The highest BCUT2D eigenvalue weighted by Crippen LogP contribution is 2.38. The van der Waals surface area contributed by atoms with E-state index in [0.717, 1.165) is 22.3 Å². The van der Waals surface area contributed by atoms with Crippen molar-refractivity contribution in [2.45, 2.75) is 52.4 Å². The molecule has 0 radical (unpaired) electrons. The lowest BCUT2D eigenvalue weighted by atomic mass is 9.98. The Labute approximate surface area is 175 Å². The number of halogens is 2. The van der Waals surface area contributed by atoms with Gasteiger partial charge in [-0.3, -0.25) is 4.79 Å². The van der Waals surface area contributed by atoms with Crippen LogP contribution in [0.5, 0.6) is 5.75 Å². The van der Waals surface area contributed by atoms with Crippen LogP contribution in [0.15, 0.2) is 30.3 Å². The normalized spacial score (nSPS) is 11.4. The number of nitrogens with zero attached hydrogens (tertiary/aromatic N) is 1. The first-order valence-electron chi connectivity index (χ1n) is 10.1. The average Bonchev–Trinajstić information content (AvgIpc) is 3.00. The Kier molecular flexibility index (Phi) is 6.44. The van der Waals surface area contributed by atoms with Crippen LogP contribution in [-0.4, -0.2) is 22.8 Å². The van der Waals surface area contributed by atoms with Crippen LogP contribution in [0, 0.1) is 18.6 Å². The van der Waals surface area contributed by atoms with Crippen LogP contribution in [0.25, 0.3) is 16.6 Å².